The Balaban J connectivity index is 2.36. The zero-order valence-corrected chi connectivity index (χ0v) is 11.5. The number of amides is 1. The summed E-state index contributed by atoms with van der Waals surface area (Å²) in [6.07, 6.45) is 0. The molecule has 2 rings (SSSR count). The highest BCUT2D eigenvalue weighted by molar-refractivity contribution is 6.44. The van der Waals surface area contributed by atoms with E-state index in [0.717, 1.165) is 12.1 Å². The van der Waals surface area contributed by atoms with Crippen LogP contribution in [0, 0.1) is 10.1 Å². The van der Waals surface area contributed by atoms with Crippen molar-refractivity contribution in [3.63, 3.8) is 0 Å². The van der Waals surface area contributed by atoms with Crippen LogP contribution >= 0.6 is 23.2 Å². The summed E-state index contributed by atoms with van der Waals surface area (Å²) >= 11 is 11.7. The molecule has 20 heavy (non-hydrogen) atoms. The molecular formula is C13H8Cl2N2O3. The number of nitrogens with zero attached hydrogens (tertiary/aromatic N) is 1. The van der Waals surface area contributed by atoms with Crippen molar-refractivity contribution in [1.82, 2.24) is 0 Å². The number of hydrogen-bond donors (Lipinski definition) is 1. The van der Waals surface area contributed by atoms with Crippen LogP contribution < -0.4 is 5.32 Å². The topological polar surface area (TPSA) is 72.2 Å². The third kappa shape index (κ3) is 3.07. The van der Waals surface area contributed by atoms with Crippen LogP contribution in [0.1, 0.15) is 10.4 Å². The second kappa shape index (κ2) is 5.90. The van der Waals surface area contributed by atoms with Crippen molar-refractivity contribution in [3.05, 3.63) is 68.2 Å². The summed E-state index contributed by atoms with van der Waals surface area (Å²) < 4.78 is 0. The quantitative estimate of drug-likeness (QED) is 0.683. The maximum absolute atomic E-state index is 12.1. The monoisotopic (exact) mass is 310 g/mol. The summed E-state index contributed by atoms with van der Waals surface area (Å²) in [5, 5.41) is 13.3. The van der Waals surface area contributed by atoms with Gasteiger partial charge in [-0.25, -0.2) is 0 Å². The van der Waals surface area contributed by atoms with Gasteiger partial charge in [0, 0.05) is 17.8 Å². The molecule has 2 aromatic carbocycles. The summed E-state index contributed by atoms with van der Waals surface area (Å²) in [5.41, 5.74) is 0.212. The Morgan fingerprint density at radius 3 is 2.40 bits per heavy atom. The third-order valence-electron chi connectivity index (χ3n) is 2.50. The number of nitro benzene ring substituents is 1. The number of carbonyl (C=O) groups is 1. The third-order valence-corrected chi connectivity index (χ3v) is 3.30. The van der Waals surface area contributed by atoms with Gasteiger partial charge in [0.2, 0.25) is 0 Å². The predicted molar refractivity (Wildman–Crippen MR) is 77.5 cm³/mol. The first-order valence-corrected chi connectivity index (χ1v) is 6.24. The molecule has 5 nitrogen and oxygen atoms in total. The molecule has 0 bridgehead atoms. The second-order valence-electron chi connectivity index (χ2n) is 3.87. The fourth-order valence-corrected chi connectivity index (χ4v) is 1.97. The van der Waals surface area contributed by atoms with Crippen LogP contribution in [0.25, 0.3) is 0 Å². The lowest BCUT2D eigenvalue weighted by Gasteiger charge is -2.07. The Hall–Kier alpha value is -2.11. The maximum atomic E-state index is 12.1. The molecule has 0 radical (unpaired) electrons. The van der Waals surface area contributed by atoms with Crippen LogP contribution in [-0.4, -0.2) is 10.8 Å². The van der Waals surface area contributed by atoms with Crippen molar-refractivity contribution >= 4 is 40.5 Å². The van der Waals surface area contributed by atoms with Gasteiger partial charge in [-0.15, -0.1) is 0 Å². The van der Waals surface area contributed by atoms with E-state index in [1.807, 2.05) is 0 Å². The highest BCUT2D eigenvalue weighted by Gasteiger charge is 2.19. The van der Waals surface area contributed by atoms with Gasteiger partial charge < -0.3 is 5.32 Å². The number of carbonyl (C=O) groups excluding carboxylic acids is 1. The summed E-state index contributed by atoms with van der Waals surface area (Å²) in [4.78, 5) is 22.2. The van der Waals surface area contributed by atoms with E-state index in [4.69, 9.17) is 23.2 Å². The molecule has 0 heterocycles. The van der Waals surface area contributed by atoms with Crippen molar-refractivity contribution in [2.45, 2.75) is 0 Å². The van der Waals surface area contributed by atoms with Crippen LogP contribution in [0.3, 0.4) is 0 Å². The smallest absolute Gasteiger partial charge is 0.271 e. The molecule has 0 aliphatic rings. The van der Waals surface area contributed by atoms with E-state index in [-0.39, 0.29) is 21.3 Å². The molecule has 0 aliphatic heterocycles. The lowest BCUT2D eigenvalue weighted by Crippen LogP contribution is -2.13. The Labute approximate surface area is 124 Å². The lowest BCUT2D eigenvalue weighted by molar-refractivity contribution is -0.384. The largest absolute Gasteiger partial charge is 0.322 e. The van der Waals surface area contributed by atoms with Crippen LogP contribution in [0.4, 0.5) is 11.4 Å². The average Bonchev–Trinajstić information content (AvgIpc) is 2.42. The van der Waals surface area contributed by atoms with Gasteiger partial charge in [-0.3, -0.25) is 14.9 Å². The molecule has 2 aromatic rings. The van der Waals surface area contributed by atoms with Gasteiger partial charge in [0.1, 0.15) is 0 Å². The van der Waals surface area contributed by atoms with Crippen LogP contribution in [0.2, 0.25) is 10.0 Å². The number of non-ortho nitro benzene ring substituents is 1. The number of rotatable bonds is 3. The zero-order valence-electron chi connectivity index (χ0n) is 9.97. The van der Waals surface area contributed by atoms with Gasteiger partial charge in [-0.05, 0) is 12.1 Å². The number of para-hydroxylation sites is 1. The molecule has 0 aliphatic carbocycles. The van der Waals surface area contributed by atoms with Gasteiger partial charge in [0.05, 0.1) is 20.5 Å². The standard InChI is InChI=1S/C13H8Cl2N2O3/c14-11-7-9(17(19)20)6-10(12(11)15)13(18)16-8-4-2-1-3-5-8/h1-7H,(H,16,18). The van der Waals surface area contributed by atoms with Crippen LogP contribution in [0.15, 0.2) is 42.5 Å². The first-order valence-electron chi connectivity index (χ1n) is 5.49. The van der Waals surface area contributed by atoms with Crippen molar-refractivity contribution in [3.8, 4) is 0 Å². The minimum atomic E-state index is -0.637. The van der Waals surface area contributed by atoms with E-state index >= 15 is 0 Å². The first kappa shape index (κ1) is 14.3. The Morgan fingerprint density at radius 2 is 1.80 bits per heavy atom. The summed E-state index contributed by atoms with van der Waals surface area (Å²) in [6, 6.07) is 10.9. The lowest BCUT2D eigenvalue weighted by atomic mass is 10.1. The van der Waals surface area contributed by atoms with E-state index in [2.05, 4.69) is 5.32 Å². The van der Waals surface area contributed by atoms with Crippen molar-refractivity contribution in [2.24, 2.45) is 0 Å². The second-order valence-corrected chi connectivity index (χ2v) is 4.65. The summed E-state index contributed by atoms with van der Waals surface area (Å²) in [6.45, 7) is 0. The number of nitrogens with one attached hydrogen (secondary N) is 1. The van der Waals surface area contributed by atoms with Crippen molar-refractivity contribution in [1.29, 1.82) is 0 Å². The number of halogens is 2. The molecular weight excluding hydrogens is 303 g/mol. The summed E-state index contributed by atoms with van der Waals surface area (Å²) in [7, 11) is 0. The predicted octanol–water partition coefficient (Wildman–Crippen LogP) is 4.15. The minimum absolute atomic E-state index is 0.0225. The van der Waals surface area contributed by atoms with Crippen molar-refractivity contribution in [2.75, 3.05) is 5.32 Å². The highest BCUT2D eigenvalue weighted by Crippen LogP contribution is 2.31. The first-order chi connectivity index (χ1) is 9.49. The van der Waals surface area contributed by atoms with E-state index in [0.29, 0.717) is 5.69 Å². The fraction of sp³-hybridized carbons (Fsp3) is 0. The number of nitro groups is 1. The molecule has 0 aromatic heterocycles. The van der Waals surface area contributed by atoms with Gasteiger partial charge in [0.15, 0.2) is 0 Å². The Kier molecular flexibility index (Phi) is 4.22. The number of hydrogen-bond acceptors (Lipinski definition) is 3. The molecule has 7 heteroatoms. The number of anilines is 1. The highest BCUT2D eigenvalue weighted by atomic mass is 35.5. The fourth-order valence-electron chi connectivity index (χ4n) is 1.57. The van der Waals surface area contributed by atoms with E-state index in [1.54, 1.807) is 30.3 Å². The molecule has 0 unspecified atom stereocenters. The SMILES string of the molecule is O=C(Nc1ccccc1)c1cc([N+](=O)[O-])cc(Cl)c1Cl. The van der Waals surface area contributed by atoms with E-state index in [1.165, 1.54) is 0 Å². The van der Waals surface area contributed by atoms with Crippen molar-refractivity contribution < 1.29 is 9.72 Å². The van der Waals surface area contributed by atoms with E-state index in [9.17, 15) is 14.9 Å². The molecule has 1 amide bonds. The van der Waals surface area contributed by atoms with E-state index < -0.39 is 10.8 Å². The number of benzene rings is 2. The maximum Gasteiger partial charge on any atom is 0.271 e. The molecule has 0 spiro atoms. The average molecular weight is 311 g/mol. The molecule has 102 valence electrons. The molecule has 0 atom stereocenters. The molecule has 0 saturated carbocycles. The normalized spacial score (nSPS) is 10.1. The molecule has 0 saturated heterocycles. The zero-order chi connectivity index (χ0) is 14.7. The van der Waals surface area contributed by atoms with Crippen LogP contribution in [-0.2, 0) is 0 Å². The molecule has 1 N–H and O–H groups in total. The minimum Gasteiger partial charge on any atom is -0.322 e. The van der Waals surface area contributed by atoms with Gasteiger partial charge in [-0.2, -0.15) is 0 Å². The Morgan fingerprint density at radius 1 is 1.15 bits per heavy atom. The van der Waals surface area contributed by atoms with Gasteiger partial charge in [-0.1, -0.05) is 41.4 Å². The Bertz CT molecular complexity index is 675. The summed E-state index contributed by atoms with van der Waals surface area (Å²) in [5.74, 6) is -0.563. The van der Waals surface area contributed by atoms with Crippen LogP contribution in [0.5, 0.6) is 0 Å². The van der Waals surface area contributed by atoms with Gasteiger partial charge >= 0.3 is 0 Å². The van der Waals surface area contributed by atoms with Gasteiger partial charge in [0.25, 0.3) is 11.6 Å². The molecule has 0 fully saturated rings.